The first-order valence-corrected chi connectivity index (χ1v) is 6.72. The van der Waals surface area contributed by atoms with Gasteiger partial charge < -0.3 is 15.4 Å². The van der Waals surface area contributed by atoms with E-state index in [2.05, 4.69) is 22.5 Å². The largest absolute Gasteiger partial charge is 0.444 e. The number of fused-ring (bicyclic) bond motifs is 1. The molecule has 0 aliphatic carbocycles. The average Bonchev–Trinajstić information content (AvgIpc) is 2.69. The highest BCUT2D eigenvalue weighted by Gasteiger charge is 2.27. The Morgan fingerprint density at radius 1 is 1.32 bits per heavy atom. The molecular formula is C16H16N2O4. The maximum absolute atomic E-state index is 11.6. The van der Waals surface area contributed by atoms with Crippen molar-refractivity contribution in [1.29, 1.82) is 0 Å². The minimum Gasteiger partial charge on any atom is -0.444 e. The first kappa shape index (κ1) is 15.6. The van der Waals surface area contributed by atoms with Crippen molar-refractivity contribution in [2.45, 2.75) is 26.4 Å². The predicted molar refractivity (Wildman–Crippen MR) is 80.5 cm³/mol. The maximum atomic E-state index is 11.6. The second-order valence-corrected chi connectivity index (χ2v) is 5.70. The number of anilines is 1. The van der Waals surface area contributed by atoms with Crippen LogP contribution in [0.2, 0.25) is 0 Å². The van der Waals surface area contributed by atoms with Crippen molar-refractivity contribution >= 4 is 23.5 Å². The Balaban J connectivity index is 1.95. The van der Waals surface area contributed by atoms with Crippen LogP contribution in [0.3, 0.4) is 0 Å². The molecule has 22 heavy (non-hydrogen) atoms. The van der Waals surface area contributed by atoms with Gasteiger partial charge in [0.25, 0.3) is 11.7 Å². The molecule has 2 N–H and O–H groups in total. The quantitative estimate of drug-likeness (QED) is 0.610. The number of hydrogen-bond donors (Lipinski definition) is 2. The van der Waals surface area contributed by atoms with Crippen molar-refractivity contribution in [3.8, 4) is 11.8 Å². The number of nitrogens with one attached hydrogen (secondary N) is 2. The van der Waals surface area contributed by atoms with Crippen LogP contribution in [0.15, 0.2) is 18.2 Å². The van der Waals surface area contributed by atoms with Gasteiger partial charge in [0.2, 0.25) is 0 Å². The van der Waals surface area contributed by atoms with E-state index in [0.717, 1.165) is 0 Å². The van der Waals surface area contributed by atoms with E-state index in [1.807, 2.05) is 0 Å². The number of amides is 2. The number of benzene rings is 1. The number of ketones is 1. The first-order valence-electron chi connectivity index (χ1n) is 6.72. The molecule has 0 aromatic heterocycles. The molecule has 0 spiro atoms. The molecule has 1 aliphatic rings. The number of carbonyl (C=O) groups excluding carboxylic acids is 3. The summed E-state index contributed by atoms with van der Waals surface area (Å²) in [5.41, 5.74) is 0.844. The molecule has 0 radical (unpaired) electrons. The van der Waals surface area contributed by atoms with Crippen molar-refractivity contribution in [3.63, 3.8) is 0 Å². The Bertz CT molecular complexity index is 705. The molecule has 0 fully saturated rings. The monoisotopic (exact) mass is 300 g/mol. The van der Waals surface area contributed by atoms with Gasteiger partial charge in [-0.2, -0.15) is 0 Å². The highest BCUT2D eigenvalue weighted by molar-refractivity contribution is 6.51. The van der Waals surface area contributed by atoms with Crippen LogP contribution >= 0.6 is 0 Å². The average molecular weight is 300 g/mol. The third kappa shape index (κ3) is 3.85. The molecule has 1 aromatic carbocycles. The van der Waals surface area contributed by atoms with E-state index in [1.165, 1.54) is 0 Å². The number of alkyl carbamates (subject to hydrolysis) is 1. The Morgan fingerprint density at radius 2 is 2.05 bits per heavy atom. The lowest BCUT2D eigenvalue weighted by Crippen LogP contribution is -2.32. The summed E-state index contributed by atoms with van der Waals surface area (Å²) in [5.74, 6) is 4.38. The van der Waals surface area contributed by atoms with Gasteiger partial charge in [-0.05, 0) is 39.0 Å². The molecule has 6 heteroatoms. The van der Waals surface area contributed by atoms with E-state index in [9.17, 15) is 14.4 Å². The van der Waals surface area contributed by atoms with Crippen LogP contribution in [0.25, 0.3) is 0 Å². The van der Waals surface area contributed by atoms with E-state index >= 15 is 0 Å². The van der Waals surface area contributed by atoms with Gasteiger partial charge in [-0.15, -0.1) is 0 Å². The van der Waals surface area contributed by atoms with E-state index in [1.54, 1.807) is 39.0 Å². The van der Waals surface area contributed by atoms with Crippen molar-refractivity contribution in [2.24, 2.45) is 0 Å². The highest BCUT2D eigenvalue weighted by atomic mass is 16.6. The van der Waals surface area contributed by atoms with Crippen molar-refractivity contribution < 1.29 is 19.1 Å². The molecule has 6 nitrogen and oxygen atoms in total. The molecule has 114 valence electrons. The lowest BCUT2D eigenvalue weighted by Gasteiger charge is -2.18. The molecule has 0 bridgehead atoms. The molecule has 0 unspecified atom stereocenters. The summed E-state index contributed by atoms with van der Waals surface area (Å²) in [5, 5.41) is 4.98. The van der Waals surface area contributed by atoms with E-state index in [-0.39, 0.29) is 6.54 Å². The van der Waals surface area contributed by atoms with Crippen LogP contribution < -0.4 is 10.6 Å². The Hall–Kier alpha value is -2.81. The van der Waals surface area contributed by atoms with E-state index < -0.39 is 23.4 Å². The minimum absolute atomic E-state index is 0.122. The van der Waals surface area contributed by atoms with Crippen LogP contribution in [-0.4, -0.2) is 29.9 Å². The van der Waals surface area contributed by atoms with Crippen LogP contribution in [0.5, 0.6) is 0 Å². The molecule has 2 rings (SSSR count). The zero-order valence-electron chi connectivity index (χ0n) is 12.6. The van der Waals surface area contributed by atoms with Crippen LogP contribution in [0, 0.1) is 11.8 Å². The fourth-order valence-corrected chi connectivity index (χ4v) is 1.80. The van der Waals surface area contributed by atoms with E-state index in [0.29, 0.717) is 16.8 Å². The number of ether oxygens (including phenoxy) is 1. The van der Waals surface area contributed by atoms with Gasteiger partial charge in [-0.25, -0.2) is 4.79 Å². The molecular weight excluding hydrogens is 284 g/mol. The van der Waals surface area contributed by atoms with Gasteiger partial charge >= 0.3 is 6.09 Å². The molecule has 1 heterocycles. The van der Waals surface area contributed by atoms with Crippen molar-refractivity contribution in [2.75, 3.05) is 11.9 Å². The predicted octanol–water partition coefficient (Wildman–Crippen LogP) is 1.70. The Labute approximate surface area is 128 Å². The second-order valence-electron chi connectivity index (χ2n) is 5.70. The Kier molecular flexibility index (Phi) is 4.18. The van der Waals surface area contributed by atoms with Gasteiger partial charge in [0.1, 0.15) is 5.60 Å². The van der Waals surface area contributed by atoms with Crippen LogP contribution in [0.1, 0.15) is 36.7 Å². The third-order valence-corrected chi connectivity index (χ3v) is 2.67. The SMILES string of the molecule is CC(C)(C)OC(=O)NCC#Cc1ccc2c(c1)C(=O)C(=O)N2. The fourth-order valence-electron chi connectivity index (χ4n) is 1.80. The summed E-state index contributed by atoms with van der Waals surface area (Å²) in [6, 6.07) is 4.87. The van der Waals surface area contributed by atoms with Gasteiger partial charge in [-0.1, -0.05) is 11.8 Å². The van der Waals surface area contributed by atoms with Gasteiger partial charge in [0.15, 0.2) is 0 Å². The highest BCUT2D eigenvalue weighted by Crippen LogP contribution is 2.23. The molecule has 0 saturated carbocycles. The third-order valence-electron chi connectivity index (χ3n) is 2.67. The first-order chi connectivity index (χ1) is 10.3. The Morgan fingerprint density at radius 3 is 2.73 bits per heavy atom. The number of Topliss-reactive ketones (excluding diaryl/α,β-unsaturated/α-hetero) is 1. The summed E-state index contributed by atoms with van der Waals surface area (Å²) in [6.07, 6.45) is -0.541. The number of carbonyl (C=O) groups is 3. The molecule has 1 aliphatic heterocycles. The standard InChI is InChI=1S/C16H16N2O4/c1-16(2,3)22-15(21)17-8-4-5-10-6-7-12-11(9-10)13(19)14(20)18-12/h6-7,9H,8H2,1-3H3,(H,17,21)(H,18,19,20). The van der Waals surface area contributed by atoms with Crippen LogP contribution in [-0.2, 0) is 9.53 Å². The molecule has 0 atom stereocenters. The minimum atomic E-state index is -0.633. The smallest absolute Gasteiger partial charge is 0.408 e. The number of hydrogen-bond acceptors (Lipinski definition) is 4. The van der Waals surface area contributed by atoms with E-state index in [4.69, 9.17) is 4.74 Å². The zero-order chi connectivity index (χ0) is 16.3. The lowest BCUT2D eigenvalue weighted by molar-refractivity contribution is -0.112. The lowest BCUT2D eigenvalue weighted by atomic mass is 10.1. The van der Waals surface area contributed by atoms with Gasteiger partial charge in [0, 0.05) is 5.56 Å². The van der Waals surface area contributed by atoms with Gasteiger partial charge in [-0.3, -0.25) is 9.59 Å². The second kappa shape index (κ2) is 5.90. The molecule has 0 saturated heterocycles. The normalized spacial score (nSPS) is 12.9. The zero-order valence-corrected chi connectivity index (χ0v) is 12.6. The molecule has 2 amide bonds. The fraction of sp³-hybridized carbons (Fsp3) is 0.312. The van der Waals surface area contributed by atoms with Crippen LogP contribution in [0.4, 0.5) is 10.5 Å². The summed E-state index contributed by atoms with van der Waals surface area (Å²) < 4.78 is 5.07. The van der Waals surface area contributed by atoms with Crippen molar-refractivity contribution in [3.05, 3.63) is 29.3 Å². The summed E-state index contributed by atoms with van der Waals surface area (Å²) in [6.45, 7) is 5.44. The van der Waals surface area contributed by atoms with Crippen molar-refractivity contribution in [1.82, 2.24) is 5.32 Å². The topological polar surface area (TPSA) is 84.5 Å². The summed E-state index contributed by atoms with van der Waals surface area (Å²) in [4.78, 5) is 34.2. The summed E-state index contributed by atoms with van der Waals surface area (Å²) >= 11 is 0. The maximum Gasteiger partial charge on any atom is 0.408 e. The number of rotatable bonds is 1. The summed E-state index contributed by atoms with van der Waals surface area (Å²) in [7, 11) is 0. The van der Waals surface area contributed by atoms with Gasteiger partial charge in [0.05, 0.1) is 17.8 Å². The molecule has 1 aromatic rings.